The molecule has 1 aromatic rings. The highest BCUT2D eigenvalue weighted by atomic mass is 16.1. The lowest BCUT2D eigenvalue weighted by Gasteiger charge is -2.14. The Morgan fingerprint density at radius 2 is 2.44 bits per heavy atom. The second-order valence-electron chi connectivity index (χ2n) is 4.33. The molecule has 88 valence electrons. The van der Waals surface area contributed by atoms with Crippen molar-refractivity contribution < 1.29 is 4.79 Å². The number of nitrogens with two attached hydrogens (primary N) is 1. The zero-order chi connectivity index (χ0) is 11.7. The van der Waals surface area contributed by atoms with Gasteiger partial charge in [0, 0.05) is 32.3 Å². The van der Waals surface area contributed by atoms with E-state index in [9.17, 15) is 4.79 Å². The first kappa shape index (κ1) is 11.1. The molecule has 5 nitrogen and oxygen atoms in total. The lowest BCUT2D eigenvalue weighted by Crippen LogP contribution is -2.28. The van der Waals surface area contributed by atoms with Gasteiger partial charge in [0.05, 0.1) is 11.6 Å². The van der Waals surface area contributed by atoms with E-state index in [0.717, 1.165) is 18.7 Å². The van der Waals surface area contributed by atoms with Crippen LogP contribution in [-0.4, -0.2) is 28.8 Å². The molecule has 1 aliphatic rings. The van der Waals surface area contributed by atoms with Gasteiger partial charge >= 0.3 is 0 Å². The third-order valence-corrected chi connectivity index (χ3v) is 3.25. The summed E-state index contributed by atoms with van der Waals surface area (Å²) in [6, 6.07) is 0. The summed E-state index contributed by atoms with van der Waals surface area (Å²) in [6.45, 7) is 3.57. The van der Waals surface area contributed by atoms with E-state index in [1.165, 1.54) is 5.56 Å². The molecular weight excluding hydrogens is 204 g/mol. The number of hydrogen-bond donors (Lipinski definition) is 2. The number of carbonyl (C=O) groups excluding carboxylic acids is 1. The van der Waals surface area contributed by atoms with Crippen molar-refractivity contribution in [3.63, 3.8) is 0 Å². The average Bonchev–Trinajstić information content (AvgIpc) is 2.82. The molecule has 2 heterocycles. The van der Waals surface area contributed by atoms with Gasteiger partial charge in [-0.15, -0.1) is 0 Å². The van der Waals surface area contributed by atoms with Gasteiger partial charge in [-0.2, -0.15) is 5.10 Å². The van der Waals surface area contributed by atoms with Gasteiger partial charge in [-0.3, -0.25) is 9.48 Å². The van der Waals surface area contributed by atoms with E-state index < -0.39 is 0 Å². The van der Waals surface area contributed by atoms with Gasteiger partial charge in [0.2, 0.25) is 5.91 Å². The first-order valence-corrected chi connectivity index (χ1v) is 5.66. The Morgan fingerprint density at radius 3 is 3.06 bits per heavy atom. The molecule has 2 unspecified atom stereocenters. The van der Waals surface area contributed by atoms with E-state index in [1.54, 1.807) is 0 Å². The minimum absolute atomic E-state index is 0.102. The van der Waals surface area contributed by atoms with Gasteiger partial charge in [0.15, 0.2) is 0 Å². The van der Waals surface area contributed by atoms with Crippen molar-refractivity contribution in [2.45, 2.75) is 19.3 Å². The summed E-state index contributed by atoms with van der Waals surface area (Å²) in [5.41, 5.74) is 7.65. The first-order chi connectivity index (χ1) is 7.63. The maximum absolute atomic E-state index is 11.3. The number of primary amides is 1. The molecule has 0 spiro atoms. The highest BCUT2D eigenvalue weighted by Gasteiger charge is 2.34. The van der Waals surface area contributed by atoms with Gasteiger partial charge < -0.3 is 11.1 Å². The number of rotatable bonds is 3. The third-order valence-electron chi connectivity index (χ3n) is 3.25. The van der Waals surface area contributed by atoms with Crippen LogP contribution in [-0.2, 0) is 18.3 Å². The molecule has 1 aromatic heterocycles. The molecule has 1 saturated heterocycles. The third kappa shape index (κ3) is 1.82. The van der Waals surface area contributed by atoms with Crippen molar-refractivity contribution in [2.75, 3.05) is 13.1 Å². The summed E-state index contributed by atoms with van der Waals surface area (Å²) in [5, 5.41) is 7.63. The Hall–Kier alpha value is -1.36. The topological polar surface area (TPSA) is 72.9 Å². The SMILES string of the molecule is CCc1nn(C)cc1C1CNCC1C(N)=O. The summed E-state index contributed by atoms with van der Waals surface area (Å²) >= 11 is 0. The molecular formula is C11H18N4O. The summed E-state index contributed by atoms with van der Waals surface area (Å²) in [5.74, 6) is -0.142. The van der Waals surface area contributed by atoms with Crippen LogP contribution in [0.2, 0.25) is 0 Å². The maximum Gasteiger partial charge on any atom is 0.222 e. The first-order valence-electron chi connectivity index (χ1n) is 5.66. The molecule has 0 saturated carbocycles. The fourth-order valence-electron chi connectivity index (χ4n) is 2.44. The molecule has 1 aliphatic heterocycles. The zero-order valence-corrected chi connectivity index (χ0v) is 9.73. The number of amides is 1. The van der Waals surface area contributed by atoms with Crippen molar-refractivity contribution in [3.05, 3.63) is 17.5 Å². The molecule has 5 heteroatoms. The minimum atomic E-state index is -0.221. The highest BCUT2D eigenvalue weighted by Crippen LogP contribution is 2.30. The van der Waals surface area contributed by atoms with Crippen LogP contribution >= 0.6 is 0 Å². The number of nitrogens with one attached hydrogen (secondary N) is 1. The van der Waals surface area contributed by atoms with Crippen LogP contribution in [0.15, 0.2) is 6.20 Å². The number of hydrogen-bond acceptors (Lipinski definition) is 3. The lowest BCUT2D eigenvalue weighted by atomic mass is 9.88. The fraction of sp³-hybridized carbons (Fsp3) is 0.636. The number of nitrogens with zero attached hydrogens (tertiary/aromatic N) is 2. The number of carbonyl (C=O) groups is 1. The van der Waals surface area contributed by atoms with Crippen LogP contribution in [0.5, 0.6) is 0 Å². The van der Waals surface area contributed by atoms with Crippen LogP contribution in [0.25, 0.3) is 0 Å². The monoisotopic (exact) mass is 222 g/mol. The van der Waals surface area contributed by atoms with Crippen molar-refractivity contribution in [3.8, 4) is 0 Å². The van der Waals surface area contributed by atoms with E-state index >= 15 is 0 Å². The van der Waals surface area contributed by atoms with Crippen LogP contribution in [0.1, 0.15) is 24.1 Å². The Labute approximate surface area is 95.0 Å². The Morgan fingerprint density at radius 1 is 1.69 bits per heavy atom. The van der Waals surface area contributed by atoms with Gasteiger partial charge in [-0.25, -0.2) is 0 Å². The quantitative estimate of drug-likeness (QED) is 0.742. The van der Waals surface area contributed by atoms with Crippen LogP contribution in [0.4, 0.5) is 0 Å². The highest BCUT2D eigenvalue weighted by molar-refractivity contribution is 5.78. The van der Waals surface area contributed by atoms with Crippen molar-refractivity contribution in [1.29, 1.82) is 0 Å². The average molecular weight is 222 g/mol. The van der Waals surface area contributed by atoms with Crippen LogP contribution < -0.4 is 11.1 Å². The van der Waals surface area contributed by atoms with E-state index in [-0.39, 0.29) is 17.7 Å². The summed E-state index contributed by atoms with van der Waals surface area (Å²) < 4.78 is 1.81. The second-order valence-corrected chi connectivity index (χ2v) is 4.33. The molecule has 2 rings (SSSR count). The molecule has 3 N–H and O–H groups in total. The maximum atomic E-state index is 11.3. The summed E-state index contributed by atoms with van der Waals surface area (Å²) in [7, 11) is 1.91. The van der Waals surface area contributed by atoms with Crippen LogP contribution in [0, 0.1) is 5.92 Å². The normalized spacial score (nSPS) is 24.9. The molecule has 0 bridgehead atoms. The van der Waals surface area contributed by atoms with Gasteiger partial charge in [0.25, 0.3) is 0 Å². The molecule has 0 radical (unpaired) electrons. The minimum Gasteiger partial charge on any atom is -0.369 e. The van der Waals surface area contributed by atoms with E-state index in [2.05, 4.69) is 17.3 Å². The summed E-state index contributed by atoms with van der Waals surface area (Å²) in [6.07, 6.45) is 2.89. The van der Waals surface area contributed by atoms with Crippen molar-refractivity contribution in [1.82, 2.24) is 15.1 Å². The molecule has 2 atom stereocenters. The van der Waals surface area contributed by atoms with E-state index in [0.29, 0.717) is 6.54 Å². The predicted molar refractivity (Wildman–Crippen MR) is 60.9 cm³/mol. The molecule has 0 aliphatic carbocycles. The van der Waals surface area contributed by atoms with E-state index in [1.807, 2.05) is 17.9 Å². The Bertz CT molecular complexity index is 399. The zero-order valence-electron chi connectivity index (χ0n) is 9.73. The van der Waals surface area contributed by atoms with E-state index in [4.69, 9.17) is 5.73 Å². The second kappa shape index (κ2) is 4.25. The predicted octanol–water partition coefficient (Wildman–Crippen LogP) is -0.229. The standard InChI is InChI=1S/C11H18N4O/c1-3-10-9(6-15(2)14-10)7-4-13-5-8(7)11(12)16/h6-8,13H,3-5H2,1-2H3,(H2,12,16). The largest absolute Gasteiger partial charge is 0.369 e. The van der Waals surface area contributed by atoms with Crippen LogP contribution in [0.3, 0.4) is 0 Å². The molecule has 1 amide bonds. The molecule has 1 fully saturated rings. The molecule has 16 heavy (non-hydrogen) atoms. The lowest BCUT2D eigenvalue weighted by molar-refractivity contribution is -0.121. The summed E-state index contributed by atoms with van der Waals surface area (Å²) in [4.78, 5) is 11.3. The number of aromatic nitrogens is 2. The smallest absolute Gasteiger partial charge is 0.222 e. The number of aryl methyl sites for hydroxylation is 2. The van der Waals surface area contributed by atoms with Gasteiger partial charge in [-0.05, 0) is 12.0 Å². The fourth-order valence-corrected chi connectivity index (χ4v) is 2.44. The van der Waals surface area contributed by atoms with Crippen molar-refractivity contribution in [2.24, 2.45) is 18.7 Å². The molecule has 0 aromatic carbocycles. The van der Waals surface area contributed by atoms with Crippen molar-refractivity contribution >= 4 is 5.91 Å². The Balaban J connectivity index is 2.31. The van der Waals surface area contributed by atoms with Gasteiger partial charge in [-0.1, -0.05) is 6.92 Å². The Kier molecular flexibility index (Phi) is 2.96. The van der Waals surface area contributed by atoms with Gasteiger partial charge in [0.1, 0.15) is 0 Å².